The SMILES string of the molecule is CCCOC(=O)[C@H]1CS[C@H](c2ccccc2Cl)N1C(=O)c1ccccc1OC. The summed E-state index contributed by atoms with van der Waals surface area (Å²) in [5.41, 5.74) is 1.20. The van der Waals surface area contributed by atoms with Gasteiger partial charge in [-0.1, -0.05) is 48.9 Å². The first-order chi connectivity index (χ1) is 13.6. The summed E-state index contributed by atoms with van der Waals surface area (Å²) < 4.78 is 10.7. The largest absolute Gasteiger partial charge is 0.496 e. The molecular formula is C21H22ClNO4S. The minimum absolute atomic E-state index is 0.286. The molecule has 0 saturated carbocycles. The lowest BCUT2D eigenvalue weighted by Gasteiger charge is -2.29. The summed E-state index contributed by atoms with van der Waals surface area (Å²) in [5.74, 6) is 0.222. The van der Waals surface area contributed by atoms with Crippen LogP contribution in [0.3, 0.4) is 0 Å². The van der Waals surface area contributed by atoms with Gasteiger partial charge in [0, 0.05) is 16.3 Å². The molecule has 1 amide bonds. The number of benzene rings is 2. The van der Waals surface area contributed by atoms with Crippen molar-refractivity contribution in [1.82, 2.24) is 4.90 Å². The average molecular weight is 420 g/mol. The molecule has 2 atom stereocenters. The Balaban J connectivity index is 2.01. The maximum Gasteiger partial charge on any atom is 0.329 e. The van der Waals surface area contributed by atoms with Crippen LogP contribution in [0, 0.1) is 0 Å². The Bertz CT molecular complexity index is 860. The second-order valence-electron chi connectivity index (χ2n) is 6.30. The number of ether oxygens (including phenoxy) is 2. The van der Waals surface area contributed by atoms with Gasteiger partial charge in [0.15, 0.2) is 0 Å². The fraction of sp³-hybridized carbons (Fsp3) is 0.333. The van der Waals surface area contributed by atoms with Crippen LogP contribution >= 0.6 is 23.4 Å². The number of nitrogens with zero attached hydrogens (tertiary/aromatic N) is 1. The van der Waals surface area contributed by atoms with Gasteiger partial charge < -0.3 is 14.4 Å². The van der Waals surface area contributed by atoms with Crippen molar-refractivity contribution in [3.8, 4) is 5.75 Å². The molecule has 2 aromatic carbocycles. The molecule has 0 aliphatic carbocycles. The third-order valence-corrected chi connectivity index (χ3v) is 6.11. The third-order valence-electron chi connectivity index (χ3n) is 4.46. The molecule has 5 nitrogen and oxygen atoms in total. The first kappa shape index (κ1) is 20.6. The van der Waals surface area contributed by atoms with Crippen LogP contribution in [-0.4, -0.2) is 42.3 Å². The number of methoxy groups -OCH3 is 1. The second kappa shape index (κ2) is 9.34. The first-order valence-corrected chi connectivity index (χ1v) is 10.5. The maximum absolute atomic E-state index is 13.5. The Labute approximate surface area is 174 Å². The van der Waals surface area contributed by atoms with Crippen molar-refractivity contribution in [3.05, 3.63) is 64.7 Å². The van der Waals surface area contributed by atoms with E-state index in [1.54, 1.807) is 35.2 Å². The molecule has 1 fully saturated rings. The second-order valence-corrected chi connectivity index (χ2v) is 7.82. The van der Waals surface area contributed by atoms with Crippen LogP contribution in [0.25, 0.3) is 0 Å². The van der Waals surface area contributed by atoms with Gasteiger partial charge in [0.05, 0.1) is 19.3 Å². The van der Waals surface area contributed by atoms with Gasteiger partial charge in [0.2, 0.25) is 0 Å². The Hall–Kier alpha value is -2.18. The first-order valence-electron chi connectivity index (χ1n) is 9.06. The van der Waals surface area contributed by atoms with Crippen LogP contribution in [0.1, 0.15) is 34.6 Å². The highest BCUT2D eigenvalue weighted by Gasteiger charge is 2.44. The van der Waals surface area contributed by atoms with Gasteiger partial charge in [-0.2, -0.15) is 0 Å². The number of halogens is 1. The van der Waals surface area contributed by atoms with Crippen molar-refractivity contribution < 1.29 is 19.1 Å². The summed E-state index contributed by atoms with van der Waals surface area (Å²) in [6, 6.07) is 13.7. The normalized spacial score (nSPS) is 18.8. The zero-order chi connectivity index (χ0) is 20.1. The quantitative estimate of drug-likeness (QED) is 0.642. The van der Waals surface area contributed by atoms with E-state index in [4.69, 9.17) is 21.1 Å². The van der Waals surface area contributed by atoms with E-state index in [1.165, 1.54) is 18.9 Å². The van der Waals surface area contributed by atoms with E-state index in [0.29, 0.717) is 28.7 Å². The number of rotatable bonds is 6. The molecule has 2 aromatic rings. The van der Waals surface area contributed by atoms with Crippen molar-refractivity contribution in [2.45, 2.75) is 24.8 Å². The zero-order valence-electron chi connectivity index (χ0n) is 15.8. The van der Waals surface area contributed by atoms with Crippen LogP contribution in [0.2, 0.25) is 5.02 Å². The van der Waals surface area contributed by atoms with E-state index >= 15 is 0 Å². The van der Waals surface area contributed by atoms with Gasteiger partial charge in [-0.25, -0.2) is 4.79 Å². The molecule has 1 aliphatic heterocycles. The molecule has 0 spiro atoms. The topological polar surface area (TPSA) is 55.8 Å². The van der Waals surface area contributed by atoms with E-state index in [-0.39, 0.29) is 11.3 Å². The molecule has 0 bridgehead atoms. The molecule has 1 heterocycles. The fourth-order valence-electron chi connectivity index (χ4n) is 3.11. The van der Waals surface area contributed by atoms with Crippen molar-refractivity contribution in [3.63, 3.8) is 0 Å². The van der Waals surface area contributed by atoms with Crippen molar-refractivity contribution >= 4 is 35.2 Å². The smallest absolute Gasteiger partial charge is 0.329 e. The molecule has 148 valence electrons. The zero-order valence-corrected chi connectivity index (χ0v) is 17.3. The van der Waals surface area contributed by atoms with Gasteiger partial charge in [-0.05, 0) is 24.6 Å². The van der Waals surface area contributed by atoms with Gasteiger partial charge in [0.25, 0.3) is 5.91 Å². The van der Waals surface area contributed by atoms with E-state index in [9.17, 15) is 9.59 Å². The van der Waals surface area contributed by atoms with Crippen LogP contribution in [0.15, 0.2) is 48.5 Å². The van der Waals surface area contributed by atoms with Crippen molar-refractivity contribution in [2.75, 3.05) is 19.5 Å². The van der Waals surface area contributed by atoms with Crippen LogP contribution in [-0.2, 0) is 9.53 Å². The fourth-order valence-corrected chi connectivity index (χ4v) is 4.86. The van der Waals surface area contributed by atoms with E-state index in [1.807, 2.05) is 25.1 Å². The summed E-state index contributed by atoms with van der Waals surface area (Å²) >= 11 is 7.90. The molecule has 28 heavy (non-hydrogen) atoms. The number of hydrogen-bond acceptors (Lipinski definition) is 5. The Morgan fingerprint density at radius 1 is 1.18 bits per heavy atom. The van der Waals surface area contributed by atoms with Crippen LogP contribution in [0.4, 0.5) is 0 Å². The average Bonchev–Trinajstić information content (AvgIpc) is 3.16. The Kier molecular flexibility index (Phi) is 6.86. The molecule has 1 aliphatic rings. The monoisotopic (exact) mass is 419 g/mol. The number of amides is 1. The predicted molar refractivity (Wildman–Crippen MR) is 111 cm³/mol. The van der Waals surface area contributed by atoms with Gasteiger partial charge >= 0.3 is 5.97 Å². The van der Waals surface area contributed by atoms with Gasteiger partial charge in [-0.15, -0.1) is 11.8 Å². The molecule has 3 rings (SSSR count). The van der Waals surface area contributed by atoms with Gasteiger partial charge in [0.1, 0.15) is 17.2 Å². The summed E-state index contributed by atoms with van der Waals surface area (Å²) in [5, 5.41) is 0.172. The van der Waals surface area contributed by atoms with Crippen molar-refractivity contribution in [2.24, 2.45) is 0 Å². The molecule has 0 N–H and O–H groups in total. The highest BCUT2D eigenvalue weighted by Crippen LogP contribution is 2.45. The Morgan fingerprint density at radius 2 is 1.89 bits per heavy atom. The van der Waals surface area contributed by atoms with E-state index in [0.717, 1.165) is 12.0 Å². The lowest BCUT2D eigenvalue weighted by molar-refractivity contribution is -0.148. The number of carbonyl (C=O) groups excluding carboxylic acids is 2. The Morgan fingerprint density at radius 3 is 2.61 bits per heavy atom. The molecule has 0 unspecified atom stereocenters. The molecule has 0 radical (unpaired) electrons. The predicted octanol–water partition coefficient (Wildman–Crippen LogP) is 4.56. The lowest BCUT2D eigenvalue weighted by atomic mass is 10.1. The number of carbonyl (C=O) groups is 2. The van der Waals surface area contributed by atoms with Crippen molar-refractivity contribution in [1.29, 1.82) is 0 Å². The van der Waals surface area contributed by atoms with Crippen LogP contribution < -0.4 is 4.74 Å². The maximum atomic E-state index is 13.5. The molecule has 7 heteroatoms. The summed E-state index contributed by atoms with van der Waals surface area (Å²) in [6.07, 6.45) is 0.722. The molecule has 1 saturated heterocycles. The van der Waals surface area contributed by atoms with E-state index < -0.39 is 12.0 Å². The minimum Gasteiger partial charge on any atom is -0.496 e. The number of para-hydroxylation sites is 1. The number of esters is 1. The third kappa shape index (κ3) is 4.13. The molecule has 0 aromatic heterocycles. The minimum atomic E-state index is -0.685. The van der Waals surface area contributed by atoms with E-state index in [2.05, 4.69) is 0 Å². The summed E-state index contributed by atoms with van der Waals surface area (Å²) in [7, 11) is 1.52. The highest BCUT2D eigenvalue weighted by atomic mass is 35.5. The standard InChI is InChI=1S/C21H22ClNO4S/c1-3-12-27-21(25)17-13-28-20(14-8-4-6-10-16(14)22)23(17)19(24)15-9-5-7-11-18(15)26-2/h4-11,17,20H,3,12-13H2,1-2H3/t17-,20-/m1/s1. The number of thioether (sulfide) groups is 1. The highest BCUT2D eigenvalue weighted by molar-refractivity contribution is 7.99. The lowest BCUT2D eigenvalue weighted by Crippen LogP contribution is -2.44. The van der Waals surface area contributed by atoms with Crippen LogP contribution in [0.5, 0.6) is 5.75 Å². The molecular weight excluding hydrogens is 398 g/mol. The number of hydrogen-bond donors (Lipinski definition) is 0. The summed E-state index contributed by atoms with van der Waals surface area (Å²) in [4.78, 5) is 27.7. The van der Waals surface area contributed by atoms with Gasteiger partial charge in [-0.3, -0.25) is 4.79 Å². The summed E-state index contributed by atoms with van der Waals surface area (Å²) in [6.45, 7) is 2.26.